The topological polar surface area (TPSA) is 92.3 Å². The van der Waals surface area contributed by atoms with Crippen molar-refractivity contribution in [1.82, 2.24) is 20.3 Å². The first kappa shape index (κ1) is 20.7. The lowest BCUT2D eigenvalue weighted by molar-refractivity contribution is 0.102. The largest absolute Gasteiger partial charge is 0.491 e. The molecular formula is C23H26N6O2. The number of carbonyl (C=O) groups is 1. The van der Waals surface area contributed by atoms with Gasteiger partial charge in [0.1, 0.15) is 18.1 Å². The molecule has 1 aromatic carbocycles. The number of nitrogens with one attached hydrogen (secondary N) is 2. The van der Waals surface area contributed by atoms with Gasteiger partial charge in [0.2, 0.25) is 0 Å². The Morgan fingerprint density at radius 1 is 1.03 bits per heavy atom. The van der Waals surface area contributed by atoms with Crippen molar-refractivity contribution in [2.75, 3.05) is 36.5 Å². The number of rotatable bonds is 8. The quantitative estimate of drug-likeness (QED) is 0.544. The van der Waals surface area contributed by atoms with E-state index in [-0.39, 0.29) is 5.91 Å². The molecular weight excluding hydrogens is 392 g/mol. The minimum atomic E-state index is -0.264. The van der Waals surface area contributed by atoms with Gasteiger partial charge in [-0.3, -0.25) is 14.8 Å². The average molecular weight is 419 g/mol. The summed E-state index contributed by atoms with van der Waals surface area (Å²) < 4.78 is 5.68. The summed E-state index contributed by atoms with van der Waals surface area (Å²) in [6, 6.07) is 12.2. The molecule has 4 rings (SSSR count). The zero-order valence-corrected chi connectivity index (χ0v) is 17.3. The standard InChI is InChI=1S/C23H26N6O2/c30-23(22-17-25-10-11-27-22)28-19-3-5-20(6-4-19)29-13-7-18(8-14-29)26-12-15-31-21-2-1-9-24-16-21/h1-6,9-11,16-18,26H,7-8,12-15H2,(H,28,30). The molecule has 8 nitrogen and oxygen atoms in total. The number of carbonyl (C=O) groups excluding carboxylic acids is 1. The summed E-state index contributed by atoms with van der Waals surface area (Å²) in [7, 11) is 0. The molecule has 0 atom stereocenters. The first-order valence-electron chi connectivity index (χ1n) is 10.5. The van der Waals surface area contributed by atoms with E-state index < -0.39 is 0 Å². The third-order valence-electron chi connectivity index (χ3n) is 5.22. The van der Waals surface area contributed by atoms with Crippen LogP contribution in [0.2, 0.25) is 0 Å². The number of pyridine rings is 1. The fraction of sp³-hybridized carbons (Fsp3) is 0.304. The summed E-state index contributed by atoms with van der Waals surface area (Å²) in [6.07, 6.45) is 10.1. The van der Waals surface area contributed by atoms with Gasteiger partial charge in [0.25, 0.3) is 5.91 Å². The van der Waals surface area contributed by atoms with Crippen LogP contribution in [0.1, 0.15) is 23.3 Å². The third-order valence-corrected chi connectivity index (χ3v) is 5.22. The second-order valence-corrected chi connectivity index (χ2v) is 7.34. The normalized spacial score (nSPS) is 14.3. The maximum Gasteiger partial charge on any atom is 0.275 e. The predicted octanol–water partition coefficient (Wildman–Crippen LogP) is 2.76. The highest BCUT2D eigenvalue weighted by atomic mass is 16.5. The molecule has 1 saturated heterocycles. The van der Waals surface area contributed by atoms with Crippen molar-refractivity contribution in [2.24, 2.45) is 0 Å². The summed E-state index contributed by atoms with van der Waals surface area (Å²) in [6.45, 7) is 3.44. The zero-order valence-electron chi connectivity index (χ0n) is 17.3. The van der Waals surface area contributed by atoms with E-state index in [1.54, 1.807) is 18.6 Å². The molecule has 3 aromatic rings. The van der Waals surface area contributed by atoms with E-state index in [0.29, 0.717) is 18.3 Å². The number of hydrogen-bond donors (Lipinski definition) is 2. The lowest BCUT2D eigenvalue weighted by Gasteiger charge is -2.34. The molecule has 31 heavy (non-hydrogen) atoms. The third kappa shape index (κ3) is 5.99. The number of amides is 1. The van der Waals surface area contributed by atoms with Crippen LogP contribution in [0.25, 0.3) is 0 Å². The van der Waals surface area contributed by atoms with Gasteiger partial charge in [-0.15, -0.1) is 0 Å². The Labute approximate surface area is 181 Å². The SMILES string of the molecule is O=C(Nc1ccc(N2CCC(NCCOc3cccnc3)CC2)cc1)c1cnccn1. The minimum Gasteiger partial charge on any atom is -0.491 e. The van der Waals surface area contributed by atoms with Crippen LogP contribution in [0.3, 0.4) is 0 Å². The summed E-state index contributed by atoms with van der Waals surface area (Å²) in [5, 5.41) is 6.43. The Morgan fingerprint density at radius 2 is 1.84 bits per heavy atom. The monoisotopic (exact) mass is 418 g/mol. The lowest BCUT2D eigenvalue weighted by atomic mass is 10.0. The molecule has 0 aliphatic carbocycles. The summed E-state index contributed by atoms with van der Waals surface area (Å²) >= 11 is 0. The molecule has 1 amide bonds. The van der Waals surface area contributed by atoms with Crippen molar-refractivity contribution in [3.8, 4) is 5.75 Å². The molecule has 1 aliphatic rings. The van der Waals surface area contributed by atoms with Crippen LogP contribution in [-0.2, 0) is 0 Å². The van der Waals surface area contributed by atoms with Crippen molar-refractivity contribution < 1.29 is 9.53 Å². The van der Waals surface area contributed by atoms with Crippen molar-refractivity contribution in [1.29, 1.82) is 0 Å². The molecule has 0 bridgehead atoms. The second kappa shape index (κ2) is 10.5. The highest BCUT2D eigenvalue weighted by Crippen LogP contribution is 2.22. The molecule has 2 aromatic heterocycles. The van der Waals surface area contributed by atoms with Crippen LogP contribution in [0.5, 0.6) is 5.75 Å². The van der Waals surface area contributed by atoms with E-state index in [2.05, 4.69) is 30.5 Å². The Bertz CT molecular complexity index is 945. The number of benzene rings is 1. The zero-order chi connectivity index (χ0) is 21.3. The molecule has 8 heteroatoms. The number of hydrogen-bond acceptors (Lipinski definition) is 7. The molecule has 1 fully saturated rings. The van der Waals surface area contributed by atoms with E-state index in [1.807, 2.05) is 36.4 Å². The Morgan fingerprint density at radius 3 is 2.55 bits per heavy atom. The van der Waals surface area contributed by atoms with Crippen molar-refractivity contribution in [3.05, 3.63) is 73.1 Å². The number of ether oxygens (including phenoxy) is 1. The summed E-state index contributed by atoms with van der Waals surface area (Å²) in [4.78, 5) is 26.5. The van der Waals surface area contributed by atoms with Crippen LogP contribution >= 0.6 is 0 Å². The van der Waals surface area contributed by atoms with E-state index in [0.717, 1.165) is 49.6 Å². The number of piperidine rings is 1. The molecule has 2 N–H and O–H groups in total. The average Bonchev–Trinajstić information content (AvgIpc) is 2.84. The van der Waals surface area contributed by atoms with Gasteiger partial charge >= 0.3 is 0 Å². The van der Waals surface area contributed by atoms with E-state index >= 15 is 0 Å². The maximum atomic E-state index is 12.2. The predicted molar refractivity (Wildman–Crippen MR) is 119 cm³/mol. The van der Waals surface area contributed by atoms with Crippen LogP contribution in [-0.4, -0.2) is 53.1 Å². The number of anilines is 2. The second-order valence-electron chi connectivity index (χ2n) is 7.34. The Hall–Kier alpha value is -3.52. The van der Waals surface area contributed by atoms with Crippen LogP contribution in [0.15, 0.2) is 67.4 Å². The smallest absolute Gasteiger partial charge is 0.275 e. The first-order valence-corrected chi connectivity index (χ1v) is 10.5. The number of aromatic nitrogens is 3. The van der Waals surface area contributed by atoms with Gasteiger partial charge in [0.05, 0.1) is 12.4 Å². The van der Waals surface area contributed by atoms with Gasteiger partial charge in [0, 0.05) is 55.6 Å². The molecule has 3 heterocycles. The number of nitrogens with zero attached hydrogens (tertiary/aromatic N) is 4. The molecule has 0 radical (unpaired) electrons. The Kier molecular flexibility index (Phi) is 7.02. The van der Waals surface area contributed by atoms with Gasteiger partial charge < -0.3 is 20.3 Å². The summed E-state index contributed by atoms with van der Waals surface area (Å²) in [5.74, 6) is 0.538. The van der Waals surface area contributed by atoms with Gasteiger partial charge in [-0.25, -0.2) is 4.98 Å². The molecule has 1 aliphatic heterocycles. The first-order chi connectivity index (χ1) is 15.3. The van der Waals surface area contributed by atoms with Crippen LogP contribution in [0.4, 0.5) is 11.4 Å². The Balaban J connectivity index is 1.18. The molecule has 0 saturated carbocycles. The highest BCUT2D eigenvalue weighted by molar-refractivity contribution is 6.02. The fourth-order valence-corrected chi connectivity index (χ4v) is 3.57. The van der Waals surface area contributed by atoms with Crippen LogP contribution < -0.4 is 20.3 Å². The summed E-state index contributed by atoms with van der Waals surface area (Å²) in [5.41, 5.74) is 2.20. The van der Waals surface area contributed by atoms with Gasteiger partial charge in [0.15, 0.2) is 0 Å². The van der Waals surface area contributed by atoms with Crippen molar-refractivity contribution in [2.45, 2.75) is 18.9 Å². The van der Waals surface area contributed by atoms with E-state index in [4.69, 9.17) is 4.74 Å². The molecule has 0 spiro atoms. The van der Waals surface area contributed by atoms with Gasteiger partial charge in [-0.05, 0) is 49.2 Å². The van der Waals surface area contributed by atoms with Crippen molar-refractivity contribution >= 4 is 17.3 Å². The van der Waals surface area contributed by atoms with Crippen LogP contribution in [0, 0.1) is 0 Å². The van der Waals surface area contributed by atoms with Gasteiger partial charge in [-0.1, -0.05) is 0 Å². The maximum absolute atomic E-state index is 12.2. The van der Waals surface area contributed by atoms with E-state index in [9.17, 15) is 4.79 Å². The van der Waals surface area contributed by atoms with E-state index in [1.165, 1.54) is 12.4 Å². The fourth-order valence-electron chi connectivity index (χ4n) is 3.57. The molecule has 0 unspecified atom stereocenters. The van der Waals surface area contributed by atoms with Gasteiger partial charge in [-0.2, -0.15) is 0 Å². The highest BCUT2D eigenvalue weighted by Gasteiger charge is 2.19. The lowest BCUT2D eigenvalue weighted by Crippen LogP contribution is -2.43. The van der Waals surface area contributed by atoms with Crippen molar-refractivity contribution in [3.63, 3.8) is 0 Å². The molecule has 160 valence electrons. The minimum absolute atomic E-state index is 0.264.